The molecule has 3 rings (SSSR count). The maximum atomic E-state index is 12.4. The molecule has 132 valence electrons. The first kappa shape index (κ1) is 17.0. The lowest BCUT2D eigenvalue weighted by atomic mass is 9.95. The molecule has 0 aromatic carbocycles. The number of pyridine rings is 1. The highest BCUT2D eigenvalue weighted by Gasteiger charge is 2.28. The molecule has 0 saturated carbocycles. The van der Waals surface area contributed by atoms with Crippen LogP contribution < -0.4 is 10.1 Å². The summed E-state index contributed by atoms with van der Waals surface area (Å²) in [4.78, 5) is 30.5. The van der Waals surface area contributed by atoms with Gasteiger partial charge in [0.1, 0.15) is 6.26 Å². The van der Waals surface area contributed by atoms with Gasteiger partial charge < -0.3 is 19.4 Å². The van der Waals surface area contributed by atoms with Crippen LogP contribution in [-0.4, -0.2) is 41.9 Å². The van der Waals surface area contributed by atoms with E-state index >= 15 is 0 Å². The van der Waals surface area contributed by atoms with Crippen LogP contribution >= 0.6 is 0 Å². The van der Waals surface area contributed by atoms with E-state index in [-0.39, 0.29) is 17.7 Å². The van der Waals surface area contributed by atoms with Crippen LogP contribution in [0.2, 0.25) is 0 Å². The molecule has 1 aliphatic heterocycles. The second-order valence-corrected chi connectivity index (χ2v) is 5.97. The molecule has 0 bridgehead atoms. The number of nitrogens with one attached hydrogen (secondary N) is 1. The normalized spacial score (nSPS) is 15.0. The quantitative estimate of drug-likeness (QED) is 0.896. The van der Waals surface area contributed by atoms with Gasteiger partial charge in [0.2, 0.25) is 11.8 Å². The monoisotopic (exact) mass is 343 g/mol. The van der Waals surface area contributed by atoms with Gasteiger partial charge in [-0.3, -0.25) is 9.59 Å². The van der Waals surface area contributed by atoms with Crippen LogP contribution in [0.3, 0.4) is 0 Å². The number of rotatable bonds is 5. The lowest BCUT2D eigenvalue weighted by molar-refractivity contribution is -0.126. The molecule has 1 aliphatic rings. The first-order chi connectivity index (χ1) is 12.2. The Morgan fingerprint density at radius 1 is 1.36 bits per heavy atom. The van der Waals surface area contributed by atoms with E-state index in [0.29, 0.717) is 43.9 Å². The first-order valence-corrected chi connectivity index (χ1v) is 8.26. The van der Waals surface area contributed by atoms with E-state index < -0.39 is 0 Å². The zero-order chi connectivity index (χ0) is 17.6. The average Bonchev–Trinajstić information content (AvgIpc) is 3.20. The summed E-state index contributed by atoms with van der Waals surface area (Å²) >= 11 is 0. The molecule has 7 nitrogen and oxygen atoms in total. The highest BCUT2D eigenvalue weighted by molar-refractivity contribution is 5.94. The SMILES string of the molecule is COc1ncccc1CNC(=O)C1CCN(C(=O)c2ccoc2)CC1. The van der Waals surface area contributed by atoms with Gasteiger partial charge in [-0.1, -0.05) is 6.07 Å². The van der Waals surface area contributed by atoms with Gasteiger partial charge in [0.05, 0.1) is 18.9 Å². The van der Waals surface area contributed by atoms with E-state index in [4.69, 9.17) is 9.15 Å². The molecule has 0 unspecified atom stereocenters. The Balaban J connectivity index is 1.49. The van der Waals surface area contributed by atoms with Crippen molar-refractivity contribution < 1.29 is 18.7 Å². The molecule has 2 aromatic rings. The fourth-order valence-electron chi connectivity index (χ4n) is 2.98. The van der Waals surface area contributed by atoms with Gasteiger partial charge in [-0.25, -0.2) is 4.98 Å². The molecular weight excluding hydrogens is 322 g/mol. The van der Waals surface area contributed by atoms with Crippen molar-refractivity contribution in [3.8, 4) is 5.88 Å². The van der Waals surface area contributed by atoms with E-state index in [1.54, 1.807) is 24.3 Å². The Labute approximate surface area is 146 Å². The van der Waals surface area contributed by atoms with E-state index in [1.807, 2.05) is 12.1 Å². The second-order valence-electron chi connectivity index (χ2n) is 5.97. The van der Waals surface area contributed by atoms with Crippen molar-refractivity contribution in [3.63, 3.8) is 0 Å². The second kappa shape index (κ2) is 7.83. The van der Waals surface area contributed by atoms with Gasteiger partial charge in [0, 0.05) is 37.3 Å². The minimum Gasteiger partial charge on any atom is -0.481 e. The van der Waals surface area contributed by atoms with Crippen molar-refractivity contribution in [1.29, 1.82) is 0 Å². The molecular formula is C18H21N3O4. The van der Waals surface area contributed by atoms with Crippen molar-refractivity contribution in [2.45, 2.75) is 19.4 Å². The number of carbonyl (C=O) groups excluding carboxylic acids is 2. The summed E-state index contributed by atoms with van der Waals surface area (Å²) in [6.45, 7) is 1.51. The number of methoxy groups -OCH3 is 1. The number of furan rings is 1. The fraction of sp³-hybridized carbons (Fsp3) is 0.389. The predicted octanol–water partition coefficient (Wildman–Crippen LogP) is 1.85. The third-order valence-corrected chi connectivity index (χ3v) is 4.42. The number of piperidine rings is 1. The first-order valence-electron chi connectivity index (χ1n) is 8.26. The lowest BCUT2D eigenvalue weighted by Crippen LogP contribution is -2.42. The Kier molecular flexibility index (Phi) is 5.33. The van der Waals surface area contributed by atoms with Crippen molar-refractivity contribution in [2.24, 2.45) is 5.92 Å². The summed E-state index contributed by atoms with van der Waals surface area (Å²) < 4.78 is 10.1. The van der Waals surface area contributed by atoms with Crippen LogP contribution in [0.5, 0.6) is 5.88 Å². The van der Waals surface area contributed by atoms with Gasteiger partial charge in [0.25, 0.3) is 5.91 Å². The molecule has 7 heteroatoms. The molecule has 3 heterocycles. The van der Waals surface area contributed by atoms with Crippen LogP contribution in [0, 0.1) is 5.92 Å². The molecule has 0 atom stereocenters. The number of carbonyl (C=O) groups is 2. The van der Waals surface area contributed by atoms with Crippen molar-refractivity contribution >= 4 is 11.8 Å². The maximum Gasteiger partial charge on any atom is 0.257 e. The zero-order valence-electron chi connectivity index (χ0n) is 14.1. The van der Waals surface area contributed by atoms with Gasteiger partial charge in [-0.15, -0.1) is 0 Å². The van der Waals surface area contributed by atoms with Gasteiger partial charge in [-0.2, -0.15) is 0 Å². The molecule has 1 N–H and O–H groups in total. The smallest absolute Gasteiger partial charge is 0.257 e. The van der Waals surface area contributed by atoms with Crippen molar-refractivity contribution in [1.82, 2.24) is 15.2 Å². The molecule has 0 spiro atoms. The molecule has 2 aromatic heterocycles. The van der Waals surface area contributed by atoms with Gasteiger partial charge in [-0.05, 0) is 25.0 Å². The molecule has 0 radical (unpaired) electrons. The maximum absolute atomic E-state index is 12.4. The topological polar surface area (TPSA) is 84.7 Å². The van der Waals surface area contributed by atoms with Crippen LogP contribution in [0.25, 0.3) is 0 Å². The number of likely N-dealkylation sites (tertiary alicyclic amines) is 1. The highest BCUT2D eigenvalue weighted by atomic mass is 16.5. The van der Waals surface area contributed by atoms with Crippen LogP contribution in [0.4, 0.5) is 0 Å². The van der Waals surface area contributed by atoms with Crippen LogP contribution in [-0.2, 0) is 11.3 Å². The Hall–Kier alpha value is -2.83. The third-order valence-electron chi connectivity index (χ3n) is 4.42. The minimum absolute atomic E-state index is 0.00122. The van der Waals surface area contributed by atoms with Gasteiger partial charge in [0.15, 0.2) is 0 Å². The minimum atomic E-state index is -0.0870. The predicted molar refractivity (Wildman–Crippen MR) is 90.0 cm³/mol. The molecule has 1 fully saturated rings. The summed E-state index contributed by atoms with van der Waals surface area (Å²) in [6, 6.07) is 5.34. The zero-order valence-corrected chi connectivity index (χ0v) is 14.1. The van der Waals surface area contributed by atoms with Crippen LogP contribution in [0.15, 0.2) is 41.3 Å². The Morgan fingerprint density at radius 3 is 2.84 bits per heavy atom. The third kappa shape index (κ3) is 3.99. The summed E-state index contributed by atoms with van der Waals surface area (Å²) in [6.07, 6.45) is 5.89. The standard InChI is InChI=1S/C18H21N3O4/c1-24-17-14(3-2-7-19-17)11-20-16(22)13-4-8-21(9-5-13)18(23)15-6-10-25-12-15/h2-3,6-7,10,12-13H,4-5,8-9,11H2,1H3,(H,20,22). The van der Waals surface area contributed by atoms with E-state index in [9.17, 15) is 9.59 Å². The van der Waals surface area contributed by atoms with Crippen molar-refractivity contribution in [3.05, 3.63) is 48.0 Å². The summed E-state index contributed by atoms with van der Waals surface area (Å²) in [5.74, 6) is 0.383. The summed E-state index contributed by atoms with van der Waals surface area (Å²) in [5.41, 5.74) is 1.39. The Bertz CT molecular complexity index is 722. The summed E-state index contributed by atoms with van der Waals surface area (Å²) in [5, 5.41) is 2.94. The van der Waals surface area contributed by atoms with Gasteiger partial charge >= 0.3 is 0 Å². The highest BCUT2D eigenvalue weighted by Crippen LogP contribution is 2.20. The largest absolute Gasteiger partial charge is 0.481 e. The van der Waals surface area contributed by atoms with Crippen LogP contribution in [0.1, 0.15) is 28.8 Å². The summed E-state index contributed by atoms with van der Waals surface area (Å²) in [7, 11) is 1.56. The number of ether oxygens (including phenoxy) is 1. The molecule has 0 aliphatic carbocycles. The number of amides is 2. The number of nitrogens with zero attached hydrogens (tertiary/aromatic N) is 2. The molecule has 2 amide bonds. The lowest BCUT2D eigenvalue weighted by Gasteiger charge is -2.31. The average molecular weight is 343 g/mol. The Morgan fingerprint density at radius 2 is 2.16 bits per heavy atom. The van der Waals surface area contributed by atoms with Crippen molar-refractivity contribution in [2.75, 3.05) is 20.2 Å². The van der Waals surface area contributed by atoms with E-state index in [0.717, 1.165) is 5.56 Å². The molecule has 1 saturated heterocycles. The number of aromatic nitrogens is 1. The number of hydrogen-bond acceptors (Lipinski definition) is 5. The molecule has 25 heavy (non-hydrogen) atoms. The fourth-order valence-corrected chi connectivity index (χ4v) is 2.98. The van der Waals surface area contributed by atoms with E-state index in [2.05, 4.69) is 10.3 Å². The van der Waals surface area contributed by atoms with E-state index in [1.165, 1.54) is 12.5 Å². The number of hydrogen-bond donors (Lipinski definition) is 1.